The van der Waals surface area contributed by atoms with Crippen molar-refractivity contribution in [3.63, 3.8) is 0 Å². The number of unbranched alkanes of at least 4 members (excludes halogenated alkanes) is 2. The van der Waals surface area contributed by atoms with Gasteiger partial charge in [-0.1, -0.05) is 38.8 Å². The summed E-state index contributed by atoms with van der Waals surface area (Å²) in [6.07, 6.45) is 4.28. The van der Waals surface area contributed by atoms with Crippen LogP contribution in [0, 0.1) is 5.92 Å². The van der Waals surface area contributed by atoms with Gasteiger partial charge in [-0.3, -0.25) is 14.5 Å². The number of rotatable bonds is 16. The minimum absolute atomic E-state index is 0.0283. The zero-order chi connectivity index (χ0) is 30.1. The number of hydrogen-bond acceptors (Lipinski definition) is 8. The van der Waals surface area contributed by atoms with Crippen molar-refractivity contribution in [2.45, 2.75) is 57.9 Å². The first kappa shape index (κ1) is 31.3. The van der Waals surface area contributed by atoms with Crippen molar-refractivity contribution >= 4 is 11.9 Å². The number of amides is 1. The highest BCUT2D eigenvalue weighted by Crippen LogP contribution is 2.47. The van der Waals surface area contributed by atoms with Gasteiger partial charge in [0.1, 0.15) is 0 Å². The Bertz CT molecular complexity index is 1200. The zero-order valence-electron chi connectivity index (χ0n) is 25.2. The summed E-state index contributed by atoms with van der Waals surface area (Å²) in [4.78, 5) is 30.5. The minimum atomic E-state index is -0.914. The molecule has 1 fully saturated rings. The van der Waals surface area contributed by atoms with E-state index in [2.05, 4.69) is 13.8 Å². The van der Waals surface area contributed by atoms with Gasteiger partial charge in [-0.2, -0.15) is 0 Å². The third-order valence-corrected chi connectivity index (χ3v) is 8.14. The standard InChI is InChI=1S/C32H44N2O8/c1-5-7-14-33(15-8-6-2)29(35)20-34-19-23(22-17-27(39-4)31-28(18-22)41-21-42-31)30(32(36)37)24(34)13-16-40-26-12-10-9-11-25(26)38-3/h9-12,17-18,23-24,30H,5-8,13-16,19-21H2,1-4H3,(H,36,37)/t23-,24+,30-/m1/s1. The predicted octanol–water partition coefficient (Wildman–Crippen LogP) is 4.80. The SMILES string of the molecule is CCCCN(CCCC)C(=O)CN1C[C@H](c2cc(OC)c3c(c2)OCO3)[C@@H](C(=O)O)[C@@H]1CCOc1ccccc1OC. The number of fused-ring (bicyclic) bond motifs is 1. The van der Waals surface area contributed by atoms with Crippen molar-refractivity contribution in [1.29, 1.82) is 0 Å². The summed E-state index contributed by atoms with van der Waals surface area (Å²) in [5, 5.41) is 10.6. The van der Waals surface area contributed by atoms with Gasteiger partial charge >= 0.3 is 5.97 Å². The summed E-state index contributed by atoms with van der Waals surface area (Å²) in [7, 11) is 3.13. The quantitative estimate of drug-likeness (QED) is 0.298. The number of nitrogens with zero attached hydrogens (tertiary/aromatic N) is 2. The normalized spacial score (nSPS) is 19.5. The van der Waals surface area contributed by atoms with Gasteiger partial charge in [-0.05, 0) is 49.1 Å². The third kappa shape index (κ3) is 7.21. The summed E-state index contributed by atoms with van der Waals surface area (Å²) in [6, 6.07) is 10.6. The maximum Gasteiger partial charge on any atom is 0.308 e. The number of benzene rings is 2. The van der Waals surface area contributed by atoms with Crippen molar-refractivity contribution in [2.75, 3.05) is 53.8 Å². The fraction of sp³-hybridized carbons (Fsp3) is 0.562. The number of ether oxygens (including phenoxy) is 5. The molecule has 10 heteroatoms. The number of carbonyl (C=O) groups excluding carboxylic acids is 1. The van der Waals surface area contributed by atoms with Crippen LogP contribution in [0.3, 0.4) is 0 Å². The minimum Gasteiger partial charge on any atom is -0.493 e. The molecule has 2 aromatic carbocycles. The Hall–Kier alpha value is -3.66. The van der Waals surface area contributed by atoms with E-state index >= 15 is 0 Å². The Morgan fingerprint density at radius 2 is 1.69 bits per heavy atom. The molecule has 3 atom stereocenters. The van der Waals surface area contributed by atoms with Crippen LogP contribution in [0.1, 0.15) is 57.4 Å². The predicted molar refractivity (Wildman–Crippen MR) is 158 cm³/mol. The molecule has 10 nitrogen and oxygen atoms in total. The Morgan fingerprint density at radius 1 is 1.00 bits per heavy atom. The van der Waals surface area contributed by atoms with Crippen molar-refractivity contribution in [1.82, 2.24) is 9.80 Å². The number of carbonyl (C=O) groups is 2. The largest absolute Gasteiger partial charge is 0.493 e. The number of methoxy groups -OCH3 is 2. The lowest BCUT2D eigenvalue weighted by molar-refractivity contribution is -0.144. The van der Waals surface area contributed by atoms with Crippen LogP contribution in [0.25, 0.3) is 0 Å². The molecule has 2 aliphatic heterocycles. The van der Waals surface area contributed by atoms with E-state index in [0.717, 1.165) is 31.2 Å². The van der Waals surface area contributed by atoms with Crippen molar-refractivity contribution in [2.24, 2.45) is 5.92 Å². The first-order chi connectivity index (χ1) is 20.4. The van der Waals surface area contributed by atoms with Crippen molar-refractivity contribution in [3.05, 3.63) is 42.0 Å². The van der Waals surface area contributed by atoms with Crippen LogP contribution in [0.15, 0.2) is 36.4 Å². The number of likely N-dealkylation sites (tertiary alicyclic amines) is 1. The highest BCUT2D eigenvalue weighted by Gasteiger charge is 2.47. The molecule has 0 radical (unpaired) electrons. The second-order valence-corrected chi connectivity index (χ2v) is 10.8. The maximum atomic E-state index is 13.6. The van der Waals surface area contributed by atoms with E-state index in [1.165, 1.54) is 0 Å². The molecule has 2 aromatic rings. The fourth-order valence-electron chi connectivity index (χ4n) is 5.91. The molecule has 0 saturated carbocycles. The number of hydrogen-bond donors (Lipinski definition) is 1. The smallest absolute Gasteiger partial charge is 0.308 e. The zero-order valence-corrected chi connectivity index (χ0v) is 25.2. The van der Waals surface area contributed by atoms with Crippen molar-refractivity contribution in [3.8, 4) is 28.7 Å². The molecular weight excluding hydrogens is 540 g/mol. The summed E-state index contributed by atoms with van der Waals surface area (Å²) in [5.41, 5.74) is 0.780. The monoisotopic (exact) mass is 584 g/mol. The van der Waals surface area contributed by atoms with Gasteiger partial charge in [-0.15, -0.1) is 0 Å². The summed E-state index contributed by atoms with van der Waals surface area (Å²) >= 11 is 0. The molecule has 0 aliphatic carbocycles. The molecule has 230 valence electrons. The van der Waals surface area contributed by atoms with Crippen LogP contribution in [0.2, 0.25) is 0 Å². The molecule has 2 heterocycles. The topological polar surface area (TPSA) is 107 Å². The van der Waals surface area contributed by atoms with Gasteiger partial charge in [0.05, 0.1) is 33.3 Å². The van der Waals surface area contributed by atoms with Crippen LogP contribution >= 0.6 is 0 Å². The Kier molecular flexibility index (Phi) is 11.2. The van der Waals surface area contributed by atoms with Gasteiger partial charge < -0.3 is 33.7 Å². The maximum absolute atomic E-state index is 13.6. The highest BCUT2D eigenvalue weighted by atomic mass is 16.7. The Morgan fingerprint density at radius 3 is 2.33 bits per heavy atom. The first-order valence-electron chi connectivity index (χ1n) is 14.9. The molecule has 1 saturated heterocycles. The van der Waals surface area contributed by atoms with Crippen LogP contribution in [0.5, 0.6) is 28.7 Å². The molecule has 1 N–H and O–H groups in total. The Labute approximate surface area is 248 Å². The summed E-state index contributed by atoms with van der Waals surface area (Å²) in [6.45, 7) is 6.54. The molecule has 42 heavy (non-hydrogen) atoms. The van der Waals surface area contributed by atoms with Crippen LogP contribution < -0.4 is 23.7 Å². The summed E-state index contributed by atoms with van der Waals surface area (Å²) in [5.74, 6) is 0.696. The van der Waals surface area contributed by atoms with Crippen LogP contribution in [0.4, 0.5) is 0 Å². The second-order valence-electron chi connectivity index (χ2n) is 10.8. The van der Waals surface area contributed by atoms with E-state index in [1.807, 2.05) is 46.2 Å². The molecule has 0 aromatic heterocycles. The van der Waals surface area contributed by atoms with Crippen molar-refractivity contribution < 1.29 is 38.4 Å². The van der Waals surface area contributed by atoms with Gasteiger partial charge in [0.15, 0.2) is 23.0 Å². The van der Waals surface area contributed by atoms with Gasteiger partial charge in [0, 0.05) is 31.6 Å². The number of carboxylic acids is 1. The number of aliphatic carboxylic acids is 1. The average molecular weight is 585 g/mol. The van der Waals surface area contributed by atoms with E-state index in [9.17, 15) is 14.7 Å². The van der Waals surface area contributed by atoms with Crippen LogP contribution in [-0.4, -0.2) is 86.6 Å². The number of para-hydroxylation sites is 2. The lowest BCUT2D eigenvalue weighted by atomic mass is 9.84. The lowest BCUT2D eigenvalue weighted by Crippen LogP contribution is -2.45. The molecule has 1 amide bonds. The second kappa shape index (κ2) is 15.0. The van der Waals surface area contributed by atoms with Gasteiger partial charge in [0.25, 0.3) is 0 Å². The molecule has 0 unspecified atom stereocenters. The Balaban J connectivity index is 1.61. The van der Waals surface area contributed by atoms with Crippen LogP contribution in [-0.2, 0) is 9.59 Å². The molecule has 0 spiro atoms. The van der Waals surface area contributed by atoms with E-state index in [0.29, 0.717) is 54.8 Å². The average Bonchev–Trinajstić information content (AvgIpc) is 3.62. The molecule has 4 rings (SSSR count). The highest BCUT2D eigenvalue weighted by molar-refractivity contribution is 5.79. The van der Waals surface area contributed by atoms with E-state index in [1.54, 1.807) is 14.2 Å². The third-order valence-electron chi connectivity index (χ3n) is 8.14. The number of carboxylic acid groups (broad SMARTS) is 1. The molecular formula is C32H44N2O8. The lowest BCUT2D eigenvalue weighted by Gasteiger charge is -2.29. The van der Waals surface area contributed by atoms with Gasteiger partial charge in [0.2, 0.25) is 18.4 Å². The molecule has 0 bridgehead atoms. The van der Waals surface area contributed by atoms with E-state index in [-0.39, 0.29) is 25.9 Å². The van der Waals surface area contributed by atoms with E-state index in [4.69, 9.17) is 23.7 Å². The molecule has 2 aliphatic rings. The summed E-state index contributed by atoms with van der Waals surface area (Å²) < 4.78 is 28.2. The fourth-order valence-corrected chi connectivity index (χ4v) is 5.91. The van der Waals surface area contributed by atoms with E-state index < -0.39 is 23.8 Å². The van der Waals surface area contributed by atoms with Gasteiger partial charge in [-0.25, -0.2) is 0 Å². The first-order valence-corrected chi connectivity index (χ1v) is 14.9.